The van der Waals surface area contributed by atoms with E-state index in [1.807, 2.05) is 0 Å². The zero-order valence-electron chi connectivity index (χ0n) is 12.9. The standard InChI is InChI=1S/C15H19F6NO2/c16-14(17,18)11-9-12(15(19,20)21)13(22-10-11)24-8-6-4-2-1-3-5-7-23/h9-10,23H,1-8H2. The predicted octanol–water partition coefficient (Wildman–Crippen LogP) is 4.83. The number of hydrogen-bond donors (Lipinski definition) is 1. The second-order valence-electron chi connectivity index (χ2n) is 5.27. The Balaban J connectivity index is 2.58. The van der Waals surface area contributed by atoms with Crippen LogP contribution < -0.4 is 4.74 Å². The summed E-state index contributed by atoms with van der Waals surface area (Å²) in [6, 6.07) is 0.0111. The van der Waals surface area contributed by atoms with Crippen molar-refractivity contribution in [1.29, 1.82) is 0 Å². The maximum absolute atomic E-state index is 12.9. The Morgan fingerprint density at radius 1 is 0.875 bits per heavy atom. The normalized spacial score (nSPS) is 12.5. The smallest absolute Gasteiger partial charge is 0.421 e. The summed E-state index contributed by atoms with van der Waals surface area (Å²) in [5.41, 5.74) is -2.99. The van der Waals surface area contributed by atoms with E-state index in [0.29, 0.717) is 25.5 Å². The summed E-state index contributed by atoms with van der Waals surface area (Å²) in [5.74, 6) is -0.837. The van der Waals surface area contributed by atoms with Gasteiger partial charge in [0.25, 0.3) is 0 Å². The molecule has 1 heterocycles. The number of alkyl halides is 6. The fourth-order valence-electron chi connectivity index (χ4n) is 2.02. The maximum Gasteiger partial charge on any atom is 0.421 e. The van der Waals surface area contributed by atoms with Gasteiger partial charge >= 0.3 is 12.4 Å². The van der Waals surface area contributed by atoms with Gasteiger partial charge in [0.2, 0.25) is 5.88 Å². The first kappa shape index (κ1) is 20.5. The fourth-order valence-corrected chi connectivity index (χ4v) is 2.02. The Bertz CT molecular complexity index is 502. The van der Waals surface area contributed by atoms with Crippen LogP contribution >= 0.6 is 0 Å². The van der Waals surface area contributed by atoms with Crippen molar-refractivity contribution in [2.24, 2.45) is 0 Å². The number of aromatic nitrogens is 1. The lowest BCUT2D eigenvalue weighted by Crippen LogP contribution is -2.14. The van der Waals surface area contributed by atoms with Crippen molar-refractivity contribution in [2.45, 2.75) is 50.9 Å². The zero-order chi connectivity index (χ0) is 18.2. The first-order chi connectivity index (χ1) is 11.2. The minimum Gasteiger partial charge on any atom is -0.477 e. The highest BCUT2D eigenvalue weighted by atomic mass is 19.4. The van der Waals surface area contributed by atoms with Crippen LogP contribution in [0.4, 0.5) is 26.3 Å². The Labute approximate surface area is 135 Å². The van der Waals surface area contributed by atoms with E-state index in [1.54, 1.807) is 0 Å². The third kappa shape index (κ3) is 6.94. The SMILES string of the molecule is OCCCCCCCCOc1ncc(C(F)(F)F)cc1C(F)(F)F. The quantitative estimate of drug-likeness (QED) is 0.507. The van der Waals surface area contributed by atoms with Crippen LogP contribution in [0.15, 0.2) is 12.3 Å². The molecular weight excluding hydrogens is 340 g/mol. The van der Waals surface area contributed by atoms with E-state index in [2.05, 4.69) is 4.98 Å². The molecular formula is C15H19F6NO2. The van der Waals surface area contributed by atoms with Crippen LogP contribution in [0, 0.1) is 0 Å². The molecule has 0 aliphatic rings. The summed E-state index contributed by atoms with van der Waals surface area (Å²) in [6.45, 7) is 0.0738. The molecule has 1 aromatic rings. The number of pyridine rings is 1. The molecule has 138 valence electrons. The molecule has 0 unspecified atom stereocenters. The highest BCUT2D eigenvalue weighted by Gasteiger charge is 2.39. The van der Waals surface area contributed by atoms with Crippen LogP contribution in [-0.4, -0.2) is 23.3 Å². The van der Waals surface area contributed by atoms with Gasteiger partial charge in [-0.3, -0.25) is 0 Å². The van der Waals surface area contributed by atoms with Crippen LogP contribution in [0.2, 0.25) is 0 Å². The van der Waals surface area contributed by atoms with Gasteiger partial charge in [0.05, 0.1) is 12.2 Å². The van der Waals surface area contributed by atoms with Gasteiger partial charge in [0.1, 0.15) is 5.56 Å². The minimum absolute atomic E-state index is 0.0111. The number of halogens is 6. The Kier molecular flexibility index (Phi) is 7.78. The molecule has 0 spiro atoms. The molecule has 1 aromatic heterocycles. The number of aliphatic hydroxyl groups excluding tert-OH is 1. The molecule has 9 heteroatoms. The van der Waals surface area contributed by atoms with Gasteiger partial charge in [-0.1, -0.05) is 25.7 Å². The van der Waals surface area contributed by atoms with Crippen molar-refractivity contribution in [1.82, 2.24) is 4.98 Å². The van der Waals surface area contributed by atoms with Gasteiger partial charge in [-0.05, 0) is 18.9 Å². The predicted molar refractivity (Wildman–Crippen MR) is 74.5 cm³/mol. The molecule has 24 heavy (non-hydrogen) atoms. The van der Waals surface area contributed by atoms with E-state index in [1.165, 1.54) is 0 Å². The summed E-state index contributed by atoms with van der Waals surface area (Å²) in [7, 11) is 0. The molecule has 0 fully saturated rings. The zero-order valence-corrected chi connectivity index (χ0v) is 12.9. The molecule has 0 amide bonds. The number of aliphatic hydroxyl groups is 1. The third-order valence-electron chi connectivity index (χ3n) is 3.28. The van der Waals surface area contributed by atoms with E-state index in [-0.39, 0.29) is 19.3 Å². The van der Waals surface area contributed by atoms with Gasteiger partial charge in [-0.25, -0.2) is 4.98 Å². The lowest BCUT2D eigenvalue weighted by atomic mass is 10.1. The number of nitrogens with zero attached hydrogens (tertiary/aromatic N) is 1. The van der Waals surface area contributed by atoms with Gasteiger partial charge in [-0.2, -0.15) is 26.3 Å². The summed E-state index contributed by atoms with van der Waals surface area (Å²) in [5, 5.41) is 8.61. The molecule has 1 rings (SSSR count). The molecule has 0 saturated heterocycles. The van der Waals surface area contributed by atoms with Gasteiger partial charge in [0.15, 0.2) is 0 Å². The molecule has 0 atom stereocenters. The Morgan fingerprint density at radius 2 is 1.46 bits per heavy atom. The molecule has 0 aliphatic carbocycles. The highest BCUT2D eigenvalue weighted by Crippen LogP contribution is 2.39. The van der Waals surface area contributed by atoms with E-state index >= 15 is 0 Å². The van der Waals surface area contributed by atoms with E-state index in [9.17, 15) is 26.3 Å². The van der Waals surface area contributed by atoms with Gasteiger partial charge in [0, 0.05) is 12.8 Å². The highest BCUT2D eigenvalue weighted by molar-refractivity contribution is 5.33. The van der Waals surface area contributed by atoms with Gasteiger partial charge in [-0.15, -0.1) is 0 Å². The monoisotopic (exact) mass is 359 g/mol. The fraction of sp³-hybridized carbons (Fsp3) is 0.667. The second kappa shape index (κ2) is 9.10. The first-order valence-electron chi connectivity index (χ1n) is 7.54. The molecule has 1 N–H and O–H groups in total. The van der Waals surface area contributed by atoms with Crippen LogP contribution in [0.25, 0.3) is 0 Å². The van der Waals surface area contributed by atoms with Crippen LogP contribution in [0.3, 0.4) is 0 Å². The number of hydrogen-bond acceptors (Lipinski definition) is 3. The number of unbranched alkanes of at least 4 members (excludes halogenated alkanes) is 5. The number of rotatable bonds is 9. The van der Waals surface area contributed by atoms with Crippen LogP contribution in [0.1, 0.15) is 49.7 Å². The van der Waals surface area contributed by atoms with Crippen molar-refractivity contribution in [3.8, 4) is 5.88 Å². The second-order valence-corrected chi connectivity index (χ2v) is 5.27. The average molecular weight is 359 g/mol. The van der Waals surface area contributed by atoms with E-state index in [4.69, 9.17) is 9.84 Å². The van der Waals surface area contributed by atoms with E-state index in [0.717, 1.165) is 19.3 Å². The summed E-state index contributed by atoms with van der Waals surface area (Å²) < 4.78 is 81.0. The Morgan fingerprint density at radius 3 is 2.00 bits per heavy atom. The maximum atomic E-state index is 12.9. The molecule has 0 saturated carbocycles. The summed E-state index contributed by atoms with van der Waals surface area (Å²) >= 11 is 0. The molecule has 0 bridgehead atoms. The lowest BCUT2D eigenvalue weighted by Gasteiger charge is -2.15. The van der Waals surface area contributed by atoms with E-state index < -0.39 is 29.4 Å². The Hall–Kier alpha value is -1.51. The summed E-state index contributed by atoms with van der Waals surface area (Å²) in [4.78, 5) is 3.18. The first-order valence-corrected chi connectivity index (χ1v) is 7.54. The topological polar surface area (TPSA) is 42.4 Å². The van der Waals surface area contributed by atoms with Crippen molar-refractivity contribution < 1.29 is 36.2 Å². The molecule has 0 aliphatic heterocycles. The average Bonchev–Trinajstić information content (AvgIpc) is 2.48. The largest absolute Gasteiger partial charge is 0.477 e. The van der Waals surface area contributed by atoms with Crippen LogP contribution in [-0.2, 0) is 12.4 Å². The lowest BCUT2D eigenvalue weighted by molar-refractivity contribution is -0.144. The molecule has 0 radical (unpaired) electrons. The third-order valence-corrected chi connectivity index (χ3v) is 3.28. The minimum atomic E-state index is -4.98. The van der Waals surface area contributed by atoms with Crippen molar-refractivity contribution >= 4 is 0 Å². The van der Waals surface area contributed by atoms with Crippen molar-refractivity contribution in [2.75, 3.05) is 13.2 Å². The summed E-state index contributed by atoms with van der Waals surface area (Å²) in [6.07, 6.45) is -5.04. The van der Waals surface area contributed by atoms with Crippen molar-refractivity contribution in [3.63, 3.8) is 0 Å². The molecule has 3 nitrogen and oxygen atoms in total. The number of ether oxygens (including phenoxy) is 1. The molecule has 0 aromatic carbocycles. The van der Waals surface area contributed by atoms with Gasteiger partial charge < -0.3 is 9.84 Å². The van der Waals surface area contributed by atoms with Crippen molar-refractivity contribution in [3.05, 3.63) is 23.4 Å². The van der Waals surface area contributed by atoms with Crippen LogP contribution in [0.5, 0.6) is 5.88 Å².